The van der Waals surface area contributed by atoms with Gasteiger partial charge in [0.05, 0.1) is 17.3 Å². The highest BCUT2D eigenvalue weighted by Gasteiger charge is 2.26. The Hall–Kier alpha value is -1.19. The molecule has 0 N–H and O–H groups in total. The SMILES string of the molecule is CN1CCCC1c1nc(Cl)nc2ccccc12. The van der Waals surface area contributed by atoms with Crippen molar-refractivity contribution < 1.29 is 0 Å². The van der Waals surface area contributed by atoms with Gasteiger partial charge in [-0.3, -0.25) is 4.90 Å². The third-order valence-corrected chi connectivity index (χ3v) is 3.61. The zero-order valence-electron chi connectivity index (χ0n) is 9.73. The second-order valence-electron chi connectivity index (χ2n) is 4.53. The van der Waals surface area contributed by atoms with Gasteiger partial charge in [-0.15, -0.1) is 0 Å². The smallest absolute Gasteiger partial charge is 0.223 e. The Bertz CT molecular complexity index is 555. The molecule has 3 rings (SSSR count). The van der Waals surface area contributed by atoms with E-state index >= 15 is 0 Å². The quantitative estimate of drug-likeness (QED) is 0.726. The molecule has 0 aliphatic carbocycles. The van der Waals surface area contributed by atoms with Crippen molar-refractivity contribution in [2.45, 2.75) is 18.9 Å². The van der Waals surface area contributed by atoms with E-state index in [0.29, 0.717) is 11.3 Å². The first-order valence-electron chi connectivity index (χ1n) is 5.88. The van der Waals surface area contributed by atoms with Gasteiger partial charge in [0.1, 0.15) is 0 Å². The molecule has 1 atom stereocenters. The molecule has 0 amide bonds. The fraction of sp³-hybridized carbons (Fsp3) is 0.385. The zero-order chi connectivity index (χ0) is 11.8. The molecule has 1 aliphatic heterocycles. The van der Waals surface area contributed by atoms with E-state index in [4.69, 9.17) is 11.6 Å². The summed E-state index contributed by atoms with van der Waals surface area (Å²) in [6, 6.07) is 8.45. The van der Waals surface area contributed by atoms with Gasteiger partial charge in [0.15, 0.2) is 0 Å². The summed E-state index contributed by atoms with van der Waals surface area (Å²) in [5, 5.41) is 1.47. The molecule has 2 heterocycles. The minimum Gasteiger partial charge on any atom is -0.298 e. The highest BCUT2D eigenvalue weighted by molar-refractivity contribution is 6.28. The van der Waals surface area contributed by atoms with Crippen molar-refractivity contribution in [3.05, 3.63) is 35.2 Å². The normalized spacial score (nSPS) is 21.2. The highest BCUT2D eigenvalue weighted by atomic mass is 35.5. The molecule has 1 aromatic carbocycles. The van der Waals surface area contributed by atoms with E-state index in [9.17, 15) is 0 Å². The summed E-state index contributed by atoms with van der Waals surface area (Å²) in [6.45, 7) is 1.13. The van der Waals surface area contributed by atoms with E-state index in [0.717, 1.165) is 29.6 Å². The van der Waals surface area contributed by atoms with Crippen molar-refractivity contribution in [1.29, 1.82) is 0 Å². The minimum absolute atomic E-state index is 0.346. The Balaban J connectivity index is 2.20. The molecule has 4 heteroatoms. The summed E-state index contributed by atoms with van der Waals surface area (Å²) in [7, 11) is 2.14. The van der Waals surface area contributed by atoms with Crippen LogP contribution in [0.5, 0.6) is 0 Å². The number of nitrogens with zero attached hydrogens (tertiary/aromatic N) is 3. The third kappa shape index (κ3) is 1.90. The molecule has 1 unspecified atom stereocenters. The van der Waals surface area contributed by atoms with Gasteiger partial charge in [-0.2, -0.15) is 0 Å². The molecular formula is C13H14ClN3. The number of benzene rings is 1. The molecular weight excluding hydrogens is 234 g/mol. The molecule has 0 spiro atoms. The van der Waals surface area contributed by atoms with Gasteiger partial charge in [0.25, 0.3) is 0 Å². The average molecular weight is 248 g/mol. The molecule has 1 aromatic heterocycles. The average Bonchev–Trinajstić information content (AvgIpc) is 2.74. The first-order chi connectivity index (χ1) is 8.25. The molecule has 88 valence electrons. The lowest BCUT2D eigenvalue weighted by atomic mass is 10.1. The monoisotopic (exact) mass is 247 g/mol. The number of fused-ring (bicyclic) bond motifs is 1. The van der Waals surface area contributed by atoms with Gasteiger partial charge in [0, 0.05) is 5.39 Å². The van der Waals surface area contributed by atoms with Crippen LogP contribution in [0.3, 0.4) is 0 Å². The van der Waals surface area contributed by atoms with Crippen molar-refractivity contribution in [3.8, 4) is 0 Å². The van der Waals surface area contributed by atoms with Crippen LogP contribution < -0.4 is 0 Å². The Labute approximate surface area is 105 Å². The second kappa shape index (κ2) is 4.24. The molecule has 3 nitrogen and oxygen atoms in total. The number of likely N-dealkylation sites (tertiary alicyclic amines) is 1. The largest absolute Gasteiger partial charge is 0.298 e. The number of rotatable bonds is 1. The molecule has 0 radical (unpaired) electrons. The van der Waals surface area contributed by atoms with E-state index in [1.54, 1.807) is 0 Å². The van der Waals surface area contributed by atoms with Crippen LogP contribution in [0.2, 0.25) is 5.28 Å². The Morgan fingerprint density at radius 1 is 1.29 bits per heavy atom. The Morgan fingerprint density at radius 2 is 2.12 bits per heavy atom. The van der Waals surface area contributed by atoms with E-state index in [1.807, 2.05) is 18.2 Å². The first kappa shape index (κ1) is 10.9. The van der Waals surface area contributed by atoms with Crippen LogP contribution in [0.4, 0.5) is 0 Å². The standard InChI is InChI=1S/C13H14ClN3/c1-17-8-4-7-11(17)12-9-5-2-3-6-10(9)15-13(14)16-12/h2-3,5-6,11H,4,7-8H2,1H3. The topological polar surface area (TPSA) is 29.0 Å². The first-order valence-corrected chi connectivity index (χ1v) is 6.26. The van der Waals surface area contributed by atoms with E-state index in [2.05, 4.69) is 28.0 Å². The molecule has 0 saturated carbocycles. The Kier molecular flexibility index (Phi) is 2.73. The molecule has 1 aliphatic rings. The lowest BCUT2D eigenvalue weighted by molar-refractivity contribution is 0.313. The maximum atomic E-state index is 6.01. The number of aromatic nitrogens is 2. The van der Waals surface area contributed by atoms with Crippen molar-refractivity contribution in [2.24, 2.45) is 0 Å². The summed E-state index contributed by atoms with van der Waals surface area (Å²) in [5.41, 5.74) is 2.00. The predicted molar refractivity (Wildman–Crippen MR) is 69.2 cm³/mol. The zero-order valence-corrected chi connectivity index (χ0v) is 10.5. The lowest BCUT2D eigenvalue weighted by Crippen LogP contribution is -2.19. The predicted octanol–water partition coefficient (Wildman–Crippen LogP) is 3.05. The molecule has 1 saturated heterocycles. The van der Waals surface area contributed by atoms with Gasteiger partial charge in [-0.05, 0) is 44.1 Å². The van der Waals surface area contributed by atoms with E-state index in [1.165, 1.54) is 6.42 Å². The molecule has 17 heavy (non-hydrogen) atoms. The van der Waals surface area contributed by atoms with Gasteiger partial charge in [-0.1, -0.05) is 18.2 Å². The van der Waals surface area contributed by atoms with Gasteiger partial charge in [0.2, 0.25) is 5.28 Å². The van der Waals surface area contributed by atoms with Crippen LogP contribution >= 0.6 is 11.6 Å². The highest BCUT2D eigenvalue weighted by Crippen LogP contribution is 2.33. The molecule has 1 fully saturated rings. The van der Waals surface area contributed by atoms with Crippen LogP contribution in [0.1, 0.15) is 24.6 Å². The fourth-order valence-corrected chi connectivity index (χ4v) is 2.76. The minimum atomic E-state index is 0.346. The summed E-state index contributed by atoms with van der Waals surface area (Å²) in [4.78, 5) is 11.1. The van der Waals surface area contributed by atoms with E-state index in [-0.39, 0.29) is 0 Å². The summed E-state index contributed by atoms with van der Waals surface area (Å²) in [6.07, 6.45) is 2.37. The summed E-state index contributed by atoms with van der Waals surface area (Å²) in [5.74, 6) is 0. The van der Waals surface area contributed by atoms with Gasteiger partial charge >= 0.3 is 0 Å². The van der Waals surface area contributed by atoms with Crippen LogP contribution in [0.25, 0.3) is 10.9 Å². The molecule has 0 bridgehead atoms. The lowest BCUT2D eigenvalue weighted by Gasteiger charge is -2.20. The maximum Gasteiger partial charge on any atom is 0.223 e. The summed E-state index contributed by atoms with van der Waals surface area (Å²) < 4.78 is 0. The van der Waals surface area contributed by atoms with Crippen LogP contribution in [-0.2, 0) is 0 Å². The Morgan fingerprint density at radius 3 is 2.88 bits per heavy atom. The second-order valence-corrected chi connectivity index (χ2v) is 4.87. The van der Waals surface area contributed by atoms with Crippen molar-refractivity contribution in [1.82, 2.24) is 14.9 Å². The van der Waals surface area contributed by atoms with Crippen molar-refractivity contribution in [3.63, 3.8) is 0 Å². The fourth-order valence-electron chi connectivity index (χ4n) is 2.58. The number of para-hydroxylation sites is 1. The number of hydrogen-bond acceptors (Lipinski definition) is 3. The summed E-state index contributed by atoms with van der Waals surface area (Å²) >= 11 is 6.01. The number of hydrogen-bond donors (Lipinski definition) is 0. The van der Waals surface area contributed by atoms with Crippen LogP contribution in [-0.4, -0.2) is 28.5 Å². The molecule has 2 aromatic rings. The van der Waals surface area contributed by atoms with Crippen molar-refractivity contribution in [2.75, 3.05) is 13.6 Å². The third-order valence-electron chi connectivity index (χ3n) is 3.44. The van der Waals surface area contributed by atoms with Crippen LogP contribution in [0, 0.1) is 0 Å². The van der Waals surface area contributed by atoms with Gasteiger partial charge < -0.3 is 0 Å². The van der Waals surface area contributed by atoms with Gasteiger partial charge in [-0.25, -0.2) is 9.97 Å². The van der Waals surface area contributed by atoms with E-state index < -0.39 is 0 Å². The van der Waals surface area contributed by atoms with Crippen molar-refractivity contribution >= 4 is 22.5 Å². The number of halogens is 1. The maximum absolute atomic E-state index is 6.01. The van der Waals surface area contributed by atoms with Crippen LogP contribution in [0.15, 0.2) is 24.3 Å².